The number of carbonyl (C=O) groups is 6. The van der Waals surface area contributed by atoms with Gasteiger partial charge in [-0.1, -0.05) is 84.7 Å². The molecule has 4 rings (SSSR count). The quantitative estimate of drug-likeness (QED) is 0.123. The minimum Gasteiger partial charge on any atom is -0.467 e. The van der Waals surface area contributed by atoms with Crippen molar-refractivity contribution in [3.63, 3.8) is 0 Å². The highest BCUT2D eigenvalue weighted by atomic mass is 16.6. The van der Waals surface area contributed by atoms with Gasteiger partial charge in [-0.3, -0.25) is 24.1 Å². The first-order valence-electron chi connectivity index (χ1n) is 22.4. The molecule has 2 saturated heterocycles. The third-order valence-electron chi connectivity index (χ3n) is 13.4. The van der Waals surface area contributed by atoms with Crippen molar-refractivity contribution in [3.05, 3.63) is 35.9 Å². The van der Waals surface area contributed by atoms with Crippen LogP contribution >= 0.6 is 0 Å². The summed E-state index contributed by atoms with van der Waals surface area (Å²) in [4.78, 5) is 87.6. The second-order valence-corrected chi connectivity index (χ2v) is 17.6. The highest BCUT2D eigenvalue weighted by molar-refractivity contribution is 5.92. The van der Waals surface area contributed by atoms with Crippen LogP contribution in [0, 0.1) is 23.7 Å². The Morgan fingerprint density at radius 2 is 1.62 bits per heavy atom. The van der Waals surface area contributed by atoms with E-state index in [4.69, 9.17) is 18.9 Å². The average molecular weight is 856 g/mol. The smallest absolute Gasteiger partial charge is 0.410 e. The molecule has 1 aromatic carbocycles. The minimum atomic E-state index is -0.906. The van der Waals surface area contributed by atoms with Crippen LogP contribution < -0.4 is 10.6 Å². The first kappa shape index (κ1) is 49.4. The van der Waals surface area contributed by atoms with E-state index >= 15 is 0 Å². The molecule has 2 N–H and O–H groups in total. The monoisotopic (exact) mass is 856 g/mol. The largest absolute Gasteiger partial charge is 0.467 e. The predicted octanol–water partition coefficient (Wildman–Crippen LogP) is 4.74. The Balaban J connectivity index is 1.47. The van der Waals surface area contributed by atoms with Gasteiger partial charge in [-0.05, 0) is 61.8 Å². The summed E-state index contributed by atoms with van der Waals surface area (Å²) in [5.41, 5.74) is 0.866. The van der Waals surface area contributed by atoms with Crippen LogP contribution in [-0.2, 0) is 49.3 Å². The lowest BCUT2D eigenvalue weighted by molar-refractivity contribution is -0.149. The Kier molecular flexibility index (Phi) is 18.9. The fourth-order valence-corrected chi connectivity index (χ4v) is 9.73. The summed E-state index contributed by atoms with van der Waals surface area (Å²) in [6.07, 6.45) is 4.42. The Morgan fingerprint density at radius 1 is 0.918 bits per heavy atom. The molecule has 15 nitrogen and oxygen atoms in total. The van der Waals surface area contributed by atoms with Gasteiger partial charge in [-0.25, -0.2) is 9.59 Å². The number of likely N-dealkylation sites (tertiary alicyclic amines) is 2. The summed E-state index contributed by atoms with van der Waals surface area (Å²) in [7, 11) is 6.04. The van der Waals surface area contributed by atoms with Gasteiger partial charge in [0.1, 0.15) is 18.1 Å². The molecule has 3 unspecified atom stereocenters. The van der Waals surface area contributed by atoms with Crippen molar-refractivity contribution < 1.29 is 47.7 Å². The first-order chi connectivity index (χ1) is 29.1. The number of likely N-dealkylation sites (N-methyl/N-ethyl adjacent to an activating group) is 1. The molecule has 0 aromatic heterocycles. The van der Waals surface area contributed by atoms with Gasteiger partial charge in [0.25, 0.3) is 0 Å². The number of piperidine rings is 1. The number of nitrogens with one attached hydrogen (secondary N) is 2. The Morgan fingerprint density at radius 3 is 2.23 bits per heavy atom. The molecule has 2 heterocycles. The molecule has 15 heteroatoms. The number of fused-ring (bicyclic) bond motifs is 2. The fourth-order valence-electron chi connectivity index (χ4n) is 9.73. The molecule has 1 aromatic rings. The number of esters is 1. The van der Waals surface area contributed by atoms with Crippen LogP contribution in [0.15, 0.2) is 30.3 Å². The van der Waals surface area contributed by atoms with E-state index in [2.05, 4.69) is 10.6 Å². The minimum absolute atomic E-state index is 0.00187. The fraction of sp³-hybridized carbons (Fsp3) is 0.739. The lowest BCUT2D eigenvalue weighted by Crippen LogP contribution is -2.60. The third kappa shape index (κ3) is 12.0. The van der Waals surface area contributed by atoms with Crippen LogP contribution in [0.25, 0.3) is 0 Å². The molecular formula is C46H73N5O10. The summed E-state index contributed by atoms with van der Waals surface area (Å²) in [5, 5.41) is 5.90. The van der Waals surface area contributed by atoms with Crippen LogP contribution in [-0.4, -0.2) is 140 Å². The van der Waals surface area contributed by atoms with E-state index in [-0.39, 0.29) is 54.4 Å². The highest BCUT2D eigenvalue weighted by Gasteiger charge is 2.53. The molecule has 11 atom stereocenters. The zero-order chi connectivity index (χ0) is 45.0. The van der Waals surface area contributed by atoms with Crippen molar-refractivity contribution >= 4 is 35.7 Å². The molecule has 342 valence electrons. The number of ether oxygens (including phenoxy) is 4. The molecule has 2 bridgehead atoms. The van der Waals surface area contributed by atoms with E-state index in [1.54, 1.807) is 28.7 Å². The summed E-state index contributed by atoms with van der Waals surface area (Å²) < 4.78 is 22.6. The zero-order valence-corrected chi connectivity index (χ0v) is 38.2. The molecule has 3 fully saturated rings. The van der Waals surface area contributed by atoms with E-state index in [0.29, 0.717) is 32.4 Å². The van der Waals surface area contributed by atoms with Crippen LogP contribution in [0.4, 0.5) is 4.79 Å². The third-order valence-corrected chi connectivity index (χ3v) is 13.4. The Hall–Kier alpha value is -4.24. The first-order valence-corrected chi connectivity index (χ1v) is 22.4. The average Bonchev–Trinajstić information content (AvgIpc) is 4.03. The number of benzene rings is 1. The van der Waals surface area contributed by atoms with Crippen molar-refractivity contribution in [2.75, 3.05) is 41.5 Å². The maximum atomic E-state index is 14.5. The van der Waals surface area contributed by atoms with Crippen molar-refractivity contribution in [2.24, 2.45) is 23.7 Å². The molecule has 5 amide bonds. The molecule has 0 radical (unpaired) electrons. The van der Waals surface area contributed by atoms with Gasteiger partial charge < -0.3 is 39.4 Å². The van der Waals surface area contributed by atoms with Crippen LogP contribution in [0.3, 0.4) is 0 Å². The number of methoxy groups -OCH3 is 3. The number of carbonyl (C=O) groups excluding carboxylic acids is 6. The van der Waals surface area contributed by atoms with Crippen molar-refractivity contribution in [2.45, 2.75) is 154 Å². The number of hydrogen-bond donors (Lipinski definition) is 2. The number of rotatable bonds is 22. The lowest BCUT2D eigenvalue weighted by Gasteiger charge is -2.41. The van der Waals surface area contributed by atoms with E-state index in [9.17, 15) is 28.8 Å². The van der Waals surface area contributed by atoms with Gasteiger partial charge in [0.05, 0.1) is 50.3 Å². The lowest BCUT2D eigenvalue weighted by atomic mass is 9.89. The molecule has 61 heavy (non-hydrogen) atoms. The second kappa shape index (κ2) is 23.3. The summed E-state index contributed by atoms with van der Waals surface area (Å²) in [6.45, 7) is 12.3. The molecule has 3 aliphatic rings. The van der Waals surface area contributed by atoms with Crippen LogP contribution in [0.2, 0.25) is 0 Å². The standard InChI is InChI=1S/C46H73N5O10/c1-11-13-24-61-46(57)51-33-22-21-32(26-33)40(51)43(54)48-38(28(3)4)44(55)49(7)39(29(5)12-2)36(58-8)27-37(52)50-23-17-20-35(50)41(59-9)30(6)42(53)47-34(45(56)60-10)25-31-18-15-14-16-19-31/h14-16,18-19,28-30,32-36,38-41H,11-13,17,20-27H2,1-10H3,(H,47,53)(H,48,54)/t29-,30+,32?,33?,34-,35-,36+,38-,39-,40?,41+/m0/s1. The molecule has 0 spiro atoms. The van der Waals surface area contributed by atoms with Crippen molar-refractivity contribution in [3.8, 4) is 0 Å². The summed E-state index contributed by atoms with van der Waals surface area (Å²) in [5.74, 6) is -2.89. The summed E-state index contributed by atoms with van der Waals surface area (Å²) >= 11 is 0. The Labute approximate surface area is 363 Å². The number of amides is 5. The number of hydrogen-bond acceptors (Lipinski definition) is 10. The summed E-state index contributed by atoms with van der Waals surface area (Å²) in [6, 6.07) is 5.85. The Bertz CT molecular complexity index is 1630. The van der Waals surface area contributed by atoms with E-state index in [1.165, 1.54) is 21.3 Å². The van der Waals surface area contributed by atoms with Crippen LogP contribution in [0.5, 0.6) is 0 Å². The molecule has 1 aliphatic carbocycles. The van der Waals surface area contributed by atoms with E-state index in [1.807, 2.05) is 65.0 Å². The topological polar surface area (TPSA) is 173 Å². The van der Waals surface area contributed by atoms with E-state index in [0.717, 1.165) is 37.7 Å². The molecule has 2 aliphatic heterocycles. The second-order valence-electron chi connectivity index (χ2n) is 17.6. The number of unbranched alkanes of at least 4 members (excludes halogenated alkanes) is 1. The van der Waals surface area contributed by atoms with Crippen molar-refractivity contribution in [1.29, 1.82) is 0 Å². The predicted molar refractivity (Wildman–Crippen MR) is 230 cm³/mol. The normalized spacial score (nSPS) is 23.1. The maximum Gasteiger partial charge on any atom is 0.410 e. The zero-order valence-electron chi connectivity index (χ0n) is 38.2. The van der Waals surface area contributed by atoms with Gasteiger partial charge in [-0.2, -0.15) is 0 Å². The van der Waals surface area contributed by atoms with E-state index < -0.39 is 66.3 Å². The highest BCUT2D eigenvalue weighted by Crippen LogP contribution is 2.43. The van der Waals surface area contributed by atoms with Gasteiger partial charge in [0.15, 0.2) is 0 Å². The molecular weight excluding hydrogens is 783 g/mol. The SMILES string of the molecule is CCCCOC(=O)N1C2CCC(C2)C1C(=O)N[C@H](C(=O)N(C)[C@@H]([C@@H](C)CC)[C@@H](CC(=O)N1CCC[C@H]1[C@H](OC)[C@@H](C)C(=O)N[C@@H](Cc1ccccc1)C(=O)OC)OC)C(C)C. The molecule has 1 saturated carbocycles. The van der Waals surface area contributed by atoms with Gasteiger partial charge >= 0.3 is 12.1 Å². The van der Waals surface area contributed by atoms with Gasteiger partial charge in [0, 0.05) is 40.3 Å². The van der Waals surface area contributed by atoms with Gasteiger partial charge in [0.2, 0.25) is 23.6 Å². The number of nitrogens with zero attached hydrogens (tertiary/aromatic N) is 3. The maximum absolute atomic E-state index is 14.5. The van der Waals surface area contributed by atoms with Crippen molar-refractivity contribution in [1.82, 2.24) is 25.3 Å². The van der Waals surface area contributed by atoms with Gasteiger partial charge in [-0.15, -0.1) is 0 Å². The van der Waals surface area contributed by atoms with Crippen LogP contribution in [0.1, 0.15) is 105 Å².